The average Bonchev–Trinajstić information content (AvgIpc) is 2.81. The summed E-state index contributed by atoms with van der Waals surface area (Å²) in [7, 11) is 0. The van der Waals surface area contributed by atoms with E-state index in [2.05, 4.69) is 0 Å². The third kappa shape index (κ3) is 2.62. The van der Waals surface area contributed by atoms with E-state index in [-0.39, 0.29) is 5.78 Å². The van der Waals surface area contributed by atoms with Gasteiger partial charge in [0.25, 0.3) is 0 Å². The van der Waals surface area contributed by atoms with Crippen LogP contribution in [-0.4, -0.2) is 59.3 Å². The third-order valence-corrected chi connectivity index (χ3v) is 3.92. The Bertz CT molecular complexity index is 447. The third-order valence-electron chi connectivity index (χ3n) is 3.92. The highest BCUT2D eigenvalue weighted by atomic mass is 16.9. The number of carbonyl (C=O) groups is 1. The lowest BCUT2D eigenvalue weighted by molar-refractivity contribution is -0.250. The number of hydrogen-bond acceptors (Lipinski definition) is 7. The Morgan fingerprint density at radius 3 is 2.10 bits per heavy atom. The molecule has 120 valence electrons. The Morgan fingerprint density at radius 2 is 1.48 bits per heavy atom. The molecular formula is C14H22O7. The topological polar surface area (TPSA) is 83.5 Å². The van der Waals surface area contributed by atoms with Crippen molar-refractivity contribution in [3.05, 3.63) is 0 Å². The largest absolute Gasteiger partial charge is 0.382 e. The van der Waals surface area contributed by atoms with E-state index in [0.29, 0.717) is 0 Å². The summed E-state index contributed by atoms with van der Waals surface area (Å²) in [6.07, 6.45) is -4.33. The molecule has 2 unspecified atom stereocenters. The Hall–Kier alpha value is -0.570. The van der Waals surface area contributed by atoms with E-state index in [1.807, 2.05) is 0 Å². The van der Waals surface area contributed by atoms with Crippen LogP contribution < -0.4 is 0 Å². The van der Waals surface area contributed by atoms with Crippen LogP contribution in [0.15, 0.2) is 0 Å². The van der Waals surface area contributed by atoms with Gasteiger partial charge < -0.3 is 28.8 Å². The maximum absolute atomic E-state index is 11.5. The molecule has 3 aliphatic heterocycles. The number of hydrogen-bond donors (Lipinski definition) is 1. The fourth-order valence-electron chi connectivity index (χ4n) is 3.13. The van der Waals surface area contributed by atoms with Crippen molar-refractivity contribution in [2.24, 2.45) is 0 Å². The molecule has 0 aromatic carbocycles. The Morgan fingerprint density at radius 1 is 0.952 bits per heavy atom. The van der Waals surface area contributed by atoms with Gasteiger partial charge in [-0.25, -0.2) is 0 Å². The molecule has 7 heteroatoms. The molecule has 3 rings (SSSR count). The van der Waals surface area contributed by atoms with Crippen molar-refractivity contribution in [2.75, 3.05) is 0 Å². The number of ketones is 1. The maximum Gasteiger partial charge on any atom is 0.190 e. The first kappa shape index (κ1) is 15.3. The van der Waals surface area contributed by atoms with Crippen molar-refractivity contribution in [2.45, 2.75) is 83.0 Å². The van der Waals surface area contributed by atoms with Gasteiger partial charge in [0.2, 0.25) is 0 Å². The van der Waals surface area contributed by atoms with Crippen molar-refractivity contribution < 1.29 is 33.6 Å². The van der Waals surface area contributed by atoms with Gasteiger partial charge in [0, 0.05) is 0 Å². The summed E-state index contributed by atoms with van der Waals surface area (Å²) in [6.45, 7) is 8.42. The number of ether oxygens (including phenoxy) is 5. The molecule has 6 atom stereocenters. The maximum atomic E-state index is 11.5. The van der Waals surface area contributed by atoms with Gasteiger partial charge in [-0.3, -0.25) is 4.79 Å². The molecule has 0 saturated carbocycles. The average molecular weight is 302 g/mol. The van der Waals surface area contributed by atoms with E-state index in [1.54, 1.807) is 27.7 Å². The summed E-state index contributed by atoms with van der Waals surface area (Å²) >= 11 is 0. The van der Waals surface area contributed by atoms with Crippen LogP contribution >= 0.6 is 0 Å². The first-order valence-corrected chi connectivity index (χ1v) is 7.15. The zero-order chi connectivity index (χ0) is 15.6. The van der Waals surface area contributed by atoms with Gasteiger partial charge in [0.1, 0.15) is 30.5 Å². The predicted molar refractivity (Wildman–Crippen MR) is 69.2 cm³/mol. The van der Waals surface area contributed by atoms with Gasteiger partial charge in [-0.2, -0.15) is 0 Å². The molecule has 0 aliphatic carbocycles. The molecule has 3 aliphatic rings. The van der Waals surface area contributed by atoms with Crippen LogP contribution in [0.3, 0.4) is 0 Å². The molecule has 1 N–H and O–H groups in total. The molecule has 0 aromatic rings. The van der Waals surface area contributed by atoms with E-state index < -0.39 is 48.4 Å². The van der Waals surface area contributed by atoms with Crippen molar-refractivity contribution in [1.82, 2.24) is 0 Å². The molecule has 3 heterocycles. The van der Waals surface area contributed by atoms with Crippen LogP contribution in [0.2, 0.25) is 0 Å². The quantitative estimate of drug-likeness (QED) is 0.787. The Labute approximate surface area is 123 Å². The minimum Gasteiger partial charge on any atom is -0.382 e. The second-order valence-corrected chi connectivity index (χ2v) is 6.69. The van der Waals surface area contributed by atoms with Crippen molar-refractivity contribution >= 4 is 5.78 Å². The highest BCUT2D eigenvalue weighted by Crippen LogP contribution is 2.44. The molecule has 0 spiro atoms. The van der Waals surface area contributed by atoms with Gasteiger partial charge in [0.15, 0.2) is 23.6 Å². The van der Waals surface area contributed by atoms with Crippen LogP contribution in [0.5, 0.6) is 0 Å². The fraction of sp³-hybridized carbons (Fsp3) is 0.929. The number of Topliss-reactive ketones (excluding diaryl/α,β-unsaturated/α-hetero) is 1. The highest BCUT2D eigenvalue weighted by molar-refractivity contribution is 5.80. The number of fused-ring (bicyclic) bond motifs is 3. The van der Waals surface area contributed by atoms with Crippen LogP contribution in [0.25, 0.3) is 0 Å². The van der Waals surface area contributed by atoms with E-state index in [9.17, 15) is 9.90 Å². The molecular weight excluding hydrogens is 280 g/mol. The van der Waals surface area contributed by atoms with Gasteiger partial charge in [-0.1, -0.05) is 0 Å². The number of aliphatic hydroxyl groups excluding tert-OH is 1. The van der Waals surface area contributed by atoms with Crippen LogP contribution in [0.4, 0.5) is 0 Å². The smallest absolute Gasteiger partial charge is 0.190 e. The van der Waals surface area contributed by atoms with Gasteiger partial charge >= 0.3 is 0 Å². The van der Waals surface area contributed by atoms with Crippen molar-refractivity contribution in [3.8, 4) is 0 Å². The summed E-state index contributed by atoms with van der Waals surface area (Å²) in [5, 5.41) is 10.1. The number of rotatable bonds is 2. The molecule has 7 nitrogen and oxygen atoms in total. The lowest BCUT2D eigenvalue weighted by atomic mass is 9.94. The Balaban J connectivity index is 1.90. The molecule has 21 heavy (non-hydrogen) atoms. The predicted octanol–water partition coefficient (Wildman–Crippen LogP) is 0.333. The second-order valence-electron chi connectivity index (χ2n) is 6.69. The SMILES string of the molecule is CC(=O)C(O)[C@H]1OC2OC(C)(C)O[C@@H]2[C@H]2OC(C)(C)O[C@H]21. The highest BCUT2D eigenvalue weighted by Gasteiger charge is 2.62. The second kappa shape index (κ2) is 4.71. The van der Waals surface area contributed by atoms with Gasteiger partial charge in [0.05, 0.1) is 0 Å². The summed E-state index contributed by atoms with van der Waals surface area (Å²) in [5.74, 6) is -2.03. The molecule has 0 radical (unpaired) electrons. The first-order chi connectivity index (χ1) is 9.60. The molecule has 0 aromatic heterocycles. The Kier molecular flexibility index (Phi) is 3.44. The van der Waals surface area contributed by atoms with E-state index >= 15 is 0 Å². The number of carbonyl (C=O) groups excluding carboxylic acids is 1. The standard InChI is InChI=1S/C14H22O7/c1-6(15)7(16)8-9-10(19-13(2,3)18-9)11-12(17-8)21-14(4,5)20-11/h7-12,16H,1-5H3/t7?,8-,9+,10+,11-,12?/m1/s1. The summed E-state index contributed by atoms with van der Waals surface area (Å²) in [6, 6.07) is 0. The van der Waals surface area contributed by atoms with E-state index in [4.69, 9.17) is 23.7 Å². The van der Waals surface area contributed by atoms with Crippen molar-refractivity contribution in [3.63, 3.8) is 0 Å². The van der Waals surface area contributed by atoms with E-state index in [1.165, 1.54) is 6.92 Å². The first-order valence-electron chi connectivity index (χ1n) is 7.15. The molecule has 0 bridgehead atoms. The van der Waals surface area contributed by atoms with E-state index in [0.717, 1.165) is 0 Å². The van der Waals surface area contributed by atoms with Gasteiger partial charge in [-0.05, 0) is 34.6 Å². The lowest BCUT2D eigenvalue weighted by Crippen LogP contribution is -2.59. The van der Waals surface area contributed by atoms with Crippen LogP contribution in [0, 0.1) is 0 Å². The molecule has 3 fully saturated rings. The lowest BCUT2D eigenvalue weighted by Gasteiger charge is -2.38. The number of aliphatic hydroxyl groups is 1. The van der Waals surface area contributed by atoms with Crippen LogP contribution in [-0.2, 0) is 28.5 Å². The van der Waals surface area contributed by atoms with Crippen LogP contribution in [0.1, 0.15) is 34.6 Å². The summed E-state index contributed by atoms with van der Waals surface area (Å²) < 4.78 is 29.0. The fourth-order valence-corrected chi connectivity index (χ4v) is 3.13. The molecule has 0 amide bonds. The van der Waals surface area contributed by atoms with Gasteiger partial charge in [-0.15, -0.1) is 0 Å². The summed E-state index contributed by atoms with van der Waals surface area (Å²) in [4.78, 5) is 11.5. The zero-order valence-electron chi connectivity index (χ0n) is 12.9. The molecule has 3 saturated heterocycles. The monoisotopic (exact) mass is 302 g/mol. The minimum absolute atomic E-state index is 0.385. The minimum atomic E-state index is -1.29. The normalized spacial score (nSPS) is 45.0. The van der Waals surface area contributed by atoms with Crippen molar-refractivity contribution in [1.29, 1.82) is 0 Å². The zero-order valence-corrected chi connectivity index (χ0v) is 12.9. The summed E-state index contributed by atoms with van der Waals surface area (Å²) in [5.41, 5.74) is 0.